The molecule has 3 rings (SSSR count). The summed E-state index contributed by atoms with van der Waals surface area (Å²) in [7, 11) is 1.62. The molecule has 2 N–H and O–H groups in total. The number of nitrogens with zero attached hydrogens (tertiary/aromatic N) is 3. The summed E-state index contributed by atoms with van der Waals surface area (Å²) in [5.74, 6) is 0.566. The van der Waals surface area contributed by atoms with Crippen molar-refractivity contribution in [1.82, 2.24) is 25.6 Å². The third-order valence-electron chi connectivity index (χ3n) is 4.06. The van der Waals surface area contributed by atoms with Crippen LogP contribution in [0.1, 0.15) is 22.6 Å². The Morgan fingerprint density at radius 2 is 2.17 bits per heavy atom. The zero-order valence-corrected chi connectivity index (χ0v) is 13.9. The third kappa shape index (κ3) is 3.46. The molecule has 1 amide bonds. The van der Waals surface area contributed by atoms with Crippen LogP contribution in [0.3, 0.4) is 0 Å². The van der Waals surface area contributed by atoms with E-state index in [2.05, 4.69) is 27.0 Å². The van der Waals surface area contributed by atoms with Gasteiger partial charge >= 0.3 is 0 Å². The average molecular weight is 327 g/mol. The lowest BCUT2D eigenvalue weighted by atomic mass is 10.1. The lowest BCUT2D eigenvalue weighted by Crippen LogP contribution is -2.30. The zero-order chi connectivity index (χ0) is 16.9. The van der Waals surface area contributed by atoms with Gasteiger partial charge in [0.1, 0.15) is 5.75 Å². The molecule has 0 fully saturated rings. The van der Waals surface area contributed by atoms with Gasteiger partial charge in [-0.25, -0.2) is 4.68 Å². The minimum Gasteiger partial charge on any atom is -0.497 e. The molecule has 0 spiro atoms. The Balaban J connectivity index is 1.71. The number of nitrogens with one attached hydrogen (secondary N) is 2. The van der Waals surface area contributed by atoms with Gasteiger partial charge in [0, 0.05) is 13.1 Å². The standard InChI is InChI=1S/C17H21N5O2/c1-12-16(17(23)19-11-13-7-9-18-10-8-13)20-21-22(12)14-3-5-15(24-2)6-4-14/h3-7,18H,8-11H2,1-2H3,(H,19,23). The predicted octanol–water partition coefficient (Wildman–Crippen LogP) is 1.23. The molecule has 0 saturated carbocycles. The lowest BCUT2D eigenvalue weighted by molar-refractivity contribution is 0.0951. The summed E-state index contributed by atoms with van der Waals surface area (Å²) in [6.07, 6.45) is 3.07. The quantitative estimate of drug-likeness (QED) is 0.808. The minimum atomic E-state index is -0.202. The van der Waals surface area contributed by atoms with Gasteiger partial charge in [-0.2, -0.15) is 0 Å². The summed E-state index contributed by atoms with van der Waals surface area (Å²) < 4.78 is 6.80. The van der Waals surface area contributed by atoms with E-state index >= 15 is 0 Å². The highest BCUT2D eigenvalue weighted by molar-refractivity contribution is 5.93. The Labute approximate surface area is 140 Å². The van der Waals surface area contributed by atoms with Gasteiger partial charge in [0.15, 0.2) is 5.69 Å². The average Bonchev–Trinajstić information content (AvgIpc) is 3.02. The van der Waals surface area contributed by atoms with Crippen LogP contribution in [0, 0.1) is 6.92 Å². The van der Waals surface area contributed by atoms with Crippen LogP contribution in [0.15, 0.2) is 35.9 Å². The summed E-state index contributed by atoms with van der Waals surface area (Å²) in [6.45, 7) is 4.20. The van der Waals surface area contributed by atoms with Crippen LogP contribution in [-0.4, -0.2) is 47.6 Å². The highest BCUT2D eigenvalue weighted by Crippen LogP contribution is 2.16. The number of hydrogen-bond donors (Lipinski definition) is 2. The smallest absolute Gasteiger partial charge is 0.274 e. The molecule has 0 atom stereocenters. The van der Waals surface area contributed by atoms with E-state index in [1.807, 2.05) is 31.2 Å². The molecule has 0 bridgehead atoms. The monoisotopic (exact) mass is 327 g/mol. The van der Waals surface area contributed by atoms with Crippen LogP contribution < -0.4 is 15.4 Å². The summed E-state index contributed by atoms with van der Waals surface area (Å²) in [5, 5.41) is 14.3. The molecular formula is C17H21N5O2. The molecule has 2 aromatic rings. The van der Waals surface area contributed by atoms with E-state index in [0.717, 1.165) is 30.9 Å². The van der Waals surface area contributed by atoms with E-state index in [-0.39, 0.29) is 5.91 Å². The first kappa shape index (κ1) is 16.2. The maximum absolute atomic E-state index is 12.4. The van der Waals surface area contributed by atoms with Crippen LogP contribution in [-0.2, 0) is 0 Å². The summed E-state index contributed by atoms with van der Waals surface area (Å²) in [6, 6.07) is 7.45. The van der Waals surface area contributed by atoms with Crippen LogP contribution in [0.2, 0.25) is 0 Å². The fraction of sp³-hybridized carbons (Fsp3) is 0.353. The molecule has 1 aliphatic rings. The molecule has 0 unspecified atom stereocenters. The van der Waals surface area contributed by atoms with Gasteiger partial charge in [-0.05, 0) is 44.2 Å². The number of hydrogen-bond acceptors (Lipinski definition) is 5. The Morgan fingerprint density at radius 3 is 2.83 bits per heavy atom. The largest absolute Gasteiger partial charge is 0.497 e. The van der Waals surface area contributed by atoms with Gasteiger partial charge in [-0.15, -0.1) is 5.10 Å². The van der Waals surface area contributed by atoms with Gasteiger partial charge in [-0.3, -0.25) is 4.79 Å². The maximum atomic E-state index is 12.4. The Hall–Kier alpha value is -2.67. The molecule has 1 aromatic carbocycles. The first-order chi connectivity index (χ1) is 11.7. The van der Waals surface area contributed by atoms with Crippen LogP contribution >= 0.6 is 0 Å². The second-order valence-electron chi connectivity index (χ2n) is 5.63. The molecule has 1 aromatic heterocycles. The topological polar surface area (TPSA) is 81.1 Å². The number of ether oxygens (including phenoxy) is 1. The van der Waals surface area contributed by atoms with Crippen molar-refractivity contribution in [1.29, 1.82) is 0 Å². The van der Waals surface area contributed by atoms with Crippen LogP contribution in [0.25, 0.3) is 5.69 Å². The van der Waals surface area contributed by atoms with Crippen molar-refractivity contribution in [3.05, 3.63) is 47.3 Å². The maximum Gasteiger partial charge on any atom is 0.274 e. The van der Waals surface area contributed by atoms with E-state index in [4.69, 9.17) is 4.74 Å². The third-order valence-corrected chi connectivity index (χ3v) is 4.06. The summed E-state index contributed by atoms with van der Waals surface area (Å²) in [5.41, 5.74) is 3.13. The fourth-order valence-electron chi connectivity index (χ4n) is 2.62. The fourth-order valence-corrected chi connectivity index (χ4v) is 2.62. The highest BCUT2D eigenvalue weighted by atomic mass is 16.5. The van der Waals surface area contributed by atoms with Crippen molar-refractivity contribution in [2.24, 2.45) is 0 Å². The van der Waals surface area contributed by atoms with E-state index in [1.54, 1.807) is 11.8 Å². The Morgan fingerprint density at radius 1 is 1.38 bits per heavy atom. The second kappa shape index (κ2) is 7.27. The van der Waals surface area contributed by atoms with Crippen molar-refractivity contribution in [2.75, 3.05) is 26.7 Å². The van der Waals surface area contributed by atoms with Gasteiger partial charge in [0.2, 0.25) is 0 Å². The molecule has 2 heterocycles. The number of carbonyl (C=O) groups is 1. The zero-order valence-electron chi connectivity index (χ0n) is 13.9. The molecule has 7 heteroatoms. The number of aromatic nitrogens is 3. The molecule has 1 aliphatic heterocycles. The number of amides is 1. The second-order valence-corrected chi connectivity index (χ2v) is 5.63. The van der Waals surface area contributed by atoms with E-state index < -0.39 is 0 Å². The predicted molar refractivity (Wildman–Crippen MR) is 90.6 cm³/mol. The molecule has 0 saturated heterocycles. The van der Waals surface area contributed by atoms with Crippen molar-refractivity contribution >= 4 is 5.91 Å². The molecule has 0 aliphatic carbocycles. The molecular weight excluding hydrogens is 306 g/mol. The molecule has 7 nitrogen and oxygen atoms in total. The number of carbonyl (C=O) groups excluding carboxylic acids is 1. The Kier molecular flexibility index (Phi) is 4.90. The van der Waals surface area contributed by atoms with Gasteiger partial charge in [0.25, 0.3) is 5.91 Å². The molecule has 126 valence electrons. The first-order valence-corrected chi connectivity index (χ1v) is 7.92. The normalized spacial score (nSPS) is 14.2. The van der Waals surface area contributed by atoms with Gasteiger partial charge < -0.3 is 15.4 Å². The lowest BCUT2D eigenvalue weighted by Gasteiger charge is -2.14. The van der Waals surface area contributed by atoms with E-state index in [9.17, 15) is 4.79 Å². The molecule has 24 heavy (non-hydrogen) atoms. The van der Waals surface area contributed by atoms with Crippen molar-refractivity contribution in [3.63, 3.8) is 0 Å². The number of benzene rings is 1. The summed E-state index contributed by atoms with van der Waals surface area (Å²) >= 11 is 0. The first-order valence-electron chi connectivity index (χ1n) is 7.92. The summed E-state index contributed by atoms with van der Waals surface area (Å²) in [4.78, 5) is 12.4. The van der Waals surface area contributed by atoms with E-state index in [0.29, 0.717) is 17.9 Å². The Bertz CT molecular complexity index is 749. The number of rotatable bonds is 5. The number of methoxy groups -OCH3 is 1. The van der Waals surface area contributed by atoms with Gasteiger partial charge in [-0.1, -0.05) is 16.9 Å². The SMILES string of the molecule is COc1ccc(-n2nnc(C(=O)NCC3=CCNCC3)c2C)cc1. The van der Waals surface area contributed by atoms with Gasteiger partial charge in [0.05, 0.1) is 18.5 Å². The highest BCUT2D eigenvalue weighted by Gasteiger charge is 2.17. The van der Waals surface area contributed by atoms with Crippen LogP contribution in [0.4, 0.5) is 0 Å². The minimum absolute atomic E-state index is 0.202. The molecule has 0 radical (unpaired) electrons. The van der Waals surface area contributed by atoms with Crippen LogP contribution in [0.5, 0.6) is 5.75 Å². The van der Waals surface area contributed by atoms with E-state index in [1.165, 1.54) is 5.57 Å². The van der Waals surface area contributed by atoms with Crippen molar-refractivity contribution in [2.45, 2.75) is 13.3 Å². The van der Waals surface area contributed by atoms with Crippen molar-refractivity contribution < 1.29 is 9.53 Å². The van der Waals surface area contributed by atoms with Crippen molar-refractivity contribution in [3.8, 4) is 11.4 Å².